The zero-order valence-electron chi connectivity index (χ0n) is 14.2. The fourth-order valence-corrected chi connectivity index (χ4v) is 3.71. The normalized spacial score (nSPS) is 23.5. The Hall–Kier alpha value is -2.17. The predicted octanol–water partition coefficient (Wildman–Crippen LogP) is 2.92. The van der Waals surface area contributed by atoms with Crippen LogP contribution in [0, 0.1) is 11.8 Å². The molecule has 1 aromatic carbocycles. The Morgan fingerprint density at radius 3 is 2.38 bits per heavy atom. The van der Waals surface area contributed by atoms with Gasteiger partial charge >= 0.3 is 0 Å². The number of amides is 3. The van der Waals surface area contributed by atoms with Gasteiger partial charge in [-0.2, -0.15) is 0 Å². The van der Waals surface area contributed by atoms with Crippen LogP contribution in [-0.2, 0) is 14.4 Å². The van der Waals surface area contributed by atoms with Gasteiger partial charge in [0.2, 0.25) is 17.7 Å². The number of imide groups is 1. The smallest absolute Gasteiger partial charge is 0.244 e. The third-order valence-electron chi connectivity index (χ3n) is 5.07. The standard InChI is InChI=1S/C19H24N2O3/c1-12(2)13-6-5-7-14(10-13)20-17(22)11-21-18(23)15-8-3-4-9-16(15)19(21)24/h5-7,10,12,15-16H,3-4,8-9,11H2,1-2H3,(H,20,22)/t15-,16+. The van der Waals surface area contributed by atoms with E-state index in [1.165, 1.54) is 0 Å². The van der Waals surface area contributed by atoms with Crippen LogP contribution in [0.4, 0.5) is 5.69 Å². The quantitative estimate of drug-likeness (QED) is 0.864. The van der Waals surface area contributed by atoms with E-state index in [1.807, 2.05) is 24.3 Å². The van der Waals surface area contributed by atoms with Crippen molar-refractivity contribution in [3.63, 3.8) is 0 Å². The molecule has 1 aliphatic heterocycles. The summed E-state index contributed by atoms with van der Waals surface area (Å²) >= 11 is 0. The van der Waals surface area contributed by atoms with Crippen molar-refractivity contribution in [3.05, 3.63) is 29.8 Å². The van der Waals surface area contributed by atoms with Gasteiger partial charge in [-0.25, -0.2) is 0 Å². The number of hydrogen-bond acceptors (Lipinski definition) is 3. The number of nitrogens with one attached hydrogen (secondary N) is 1. The summed E-state index contributed by atoms with van der Waals surface area (Å²) in [4.78, 5) is 38.3. The number of carbonyl (C=O) groups excluding carboxylic acids is 3. The van der Waals surface area contributed by atoms with Gasteiger partial charge in [0.05, 0.1) is 11.8 Å². The average molecular weight is 328 g/mol. The summed E-state index contributed by atoms with van der Waals surface area (Å²) in [6.45, 7) is 3.99. The minimum atomic E-state index is -0.323. The highest BCUT2D eigenvalue weighted by molar-refractivity contribution is 6.08. The average Bonchev–Trinajstić information content (AvgIpc) is 2.80. The molecule has 1 heterocycles. The third kappa shape index (κ3) is 3.21. The molecule has 1 aliphatic carbocycles. The summed E-state index contributed by atoms with van der Waals surface area (Å²) in [5, 5.41) is 2.80. The fraction of sp³-hybridized carbons (Fsp3) is 0.526. The highest BCUT2D eigenvalue weighted by Gasteiger charge is 2.48. The number of rotatable bonds is 4. The maximum absolute atomic E-state index is 12.4. The SMILES string of the molecule is CC(C)c1cccc(NC(=O)CN2C(=O)[C@H]3CCCC[C@H]3C2=O)c1. The molecule has 5 nitrogen and oxygen atoms in total. The zero-order valence-corrected chi connectivity index (χ0v) is 14.2. The lowest BCUT2D eigenvalue weighted by Crippen LogP contribution is -2.38. The summed E-state index contributed by atoms with van der Waals surface area (Å²) in [5.74, 6) is -0.707. The van der Waals surface area contributed by atoms with Gasteiger partial charge in [-0.1, -0.05) is 38.8 Å². The van der Waals surface area contributed by atoms with Crippen molar-refractivity contribution in [1.82, 2.24) is 4.90 Å². The second-order valence-corrected chi connectivity index (χ2v) is 7.09. The minimum Gasteiger partial charge on any atom is -0.325 e. The Balaban J connectivity index is 1.65. The number of anilines is 1. The van der Waals surface area contributed by atoms with Crippen molar-refractivity contribution in [2.45, 2.75) is 45.4 Å². The molecule has 0 unspecified atom stereocenters. The molecule has 5 heteroatoms. The molecule has 2 fully saturated rings. The van der Waals surface area contributed by atoms with E-state index in [1.54, 1.807) is 0 Å². The lowest BCUT2D eigenvalue weighted by atomic mass is 9.81. The van der Waals surface area contributed by atoms with Crippen LogP contribution in [0.1, 0.15) is 51.0 Å². The Kier molecular flexibility index (Phi) is 4.69. The molecule has 24 heavy (non-hydrogen) atoms. The van der Waals surface area contributed by atoms with E-state index in [0.29, 0.717) is 11.6 Å². The van der Waals surface area contributed by atoms with Gasteiger partial charge in [-0.15, -0.1) is 0 Å². The number of carbonyl (C=O) groups is 3. The van der Waals surface area contributed by atoms with E-state index < -0.39 is 0 Å². The van der Waals surface area contributed by atoms with Crippen LogP contribution in [0.3, 0.4) is 0 Å². The molecule has 0 radical (unpaired) electrons. The molecular weight excluding hydrogens is 304 g/mol. The van der Waals surface area contributed by atoms with Gasteiger partial charge in [-0.3, -0.25) is 19.3 Å². The molecule has 1 N–H and O–H groups in total. The lowest BCUT2D eigenvalue weighted by molar-refractivity contribution is -0.142. The number of benzene rings is 1. The molecule has 128 valence electrons. The fourth-order valence-electron chi connectivity index (χ4n) is 3.71. The van der Waals surface area contributed by atoms with Crippen molar-refractivity contribution in [1.29, 1.82) is 0 Å². The topological polar surface area (TPSA) is 66.5 Å². The van der Waals surface area contributed by atoms with Gasteiger partial charge in [0.25, 0.3) is 0 Å². The van der Waals surface area contributed by atoms with Crippen molar-refractivity contribution in [3.8, 4) is 0 Å². The van der Waals surface area contributed by atoms with Gasteiger partial charge < -0.3 is 5.32 Å². The van der Waals surface area contributed by atoms with E-state index in [4.69, 9.17) is 0 Å². The lowest BCUT2D eigenvalue weighted by Gasteiger charge is -2.19. The van der Waals surface area contributed by atoms with Crippen LogP contribution < -0.4 is 5.32 Å². The molecular formula is C19H24N2O3. The molecule has 3 amide bonds. The highest BCUT2D eigenvalue weighted by atomic mass is 16.2. The van der Waals surface area contributed by atoms with Gasteiger partial charge in [-0.05, 0) is 36.5 Å². The van der Waals surface area contributed by atoms with Crippen molar-refractivity contribution in [2.75, 3.05) is 11.9 Å². The van der Waals surface area contributed by atoms with Crippen LogP contribution in [0.2, 0.25) is 0 Å². The third-order valence-corrected chi connectivity index (χ3v) is 5.07. The number of hydrogen-bond donors (Lipinski definition) is 1. The van der Waals surface area contributed by atoms with Crippen molar-refractivity contribution < 1.29 is 14.4 Å². The first-order valence-electron chi connectivity index (χ1n) is 8.72. The first-order valence-corrected chi connectivity index (χ1v) is 8.72. The maximum Gasteiger partial charge on any atom is 0.244 e. The first kappa shape index (κ1) is 16.7. The van der Waals surface area contributed by atoms with E-state index in [-0.39, 0.29) is 36.1 Å². The molecule has 1 saturated heterocycles. The number of nitrogens with zero attached hydrogens (tertiary/aromatic N) is 1. The minimum absolute atomic E-state index is 0.171. The van der Waals surface area contributed by atoms with Crippen LogP contribution in [0.25, 0.3) is 0 Å². The van der Waals surface area contributed by atoms with E-state index in [9.17, 15) is 14.4 Å². The van der Waals surface area contributed by atoms with Crippen molar-refractivity contribution >= 4 is 23.4 Å². The van der Waals surface area contributed by atoms with Crippen LogP contribution >= 0.6 is 0 Å². The predicted molar refractivity (Wildman–Crippen MR) is 91.3 cm³/mol. The summed E-state index contributed by atoms with van der Waals surface area (Å²) in [5.41, 5.74) is 1.83. The molecule has 0 aromatic heterocycles. The Bertz CT molecular complexity index is 644. The monoisotopic (exact) mass is 328 g/mol. The van der Waals surface area contributed by atoms with E-state index in [0.717, 1.165) is 36.1 Å². The molecule has 1 aromatic rings. The Morgan fingerprint density at radius 1 is 1.17 bits per heavy atom. The summed E-state index contributed by atoms with van der Waals surface area (Å²) in [7, 11) is 0. The van der Waals surface area contributed by atoms with Crippen LogP contribution in [0.15, 0.2) is 24.3 Å². The molecule has 1 saturated carbocycles. The van der Waals surface area contributed by atoms with Gasteiger partial charge in [0.1, 0.15) is 6.54 Å². The second-order valence-electron chi connectivity index (χ2n) is 7.09. The van der Waals surface area contributed by atoms with Crippen molar-refractivity contribution in [2.24, 2.45) is 11.8 Å². The molecule has 3 rings (SSSR count). The molecule has 2 aliphatic rings. The second kappa shape index (κ2) is 6.75. The largest absolute Gasteiger partial charge is 0.325 e. The first-order chi connectivity index (χ1) is 11.5. The summed E-state index contributed by atoms with van der Waals surface area (Å²) < 4.78 is 0. The highest BCUT2D eigenvalue weighted by Crippen LogP contribution is 2.37. The van der Waals surface area contributed by atoms with Gasteiger partial charge in [0, 0.05) is 5.69 Å². The number of likely N-dealkylation sites (tertiary alicyclic amines) is 1. The van der Waals surface area contributed by atoms with Crippen LogP contribution in [0.5, 0.6) is 0 Å². The summed E-state index contributed by atoms with van der Waals surface area (Å²) in [6, 6.07) is 7.65. The zero-order chi connectivity index (χ0) is 17.3. The van der Waals surface area contributed by atoms with Gasteiger partial charge in [0.15, 0.2) is 0 Å². The van der Waals surface area contributed by atoms with E-state index in [2.05, 4.69) is 19.2 Å². The Labute approximate surface area is 142 Å². The van der Waals surface area contributed by atoms with E-state index >= 15 is 0 Å². The molecule has 0 spiro atoms. The molecule has 0 bridgehead atoms. The number of fused-ring (bicyclic) bond motifs is 1. The molecule has 2 atom stereocenters. The maximum atomic E-state index is 12.4. The van der Waals surface area contributed by atoms with Crippen LogP contribution in [-0.4, -0.2) is 29.2 Å². The summed E-state index contributed by atoms with van der Waals surface area (Å²) in [6.07, 6.45) is 3.51. The Morgan fingerprint density at radius 2 is 1.79 bits per heavy atom.